The predicted octanol–water partition coefficient (Wildman–Crippen LogP) is 3.25. The van der Waals surface area contributed by atoms with Gasteiger partial charge in [0.1, 0.15) is 12.0 Å². The number of aliphatic hydroxyl groups excluding tert-OH is 1. The summed E-state index contributed by atoms with van der Waals surface area (Å²) in [6, 6.07) is 4.33. The molecular formula is C24H35FN6O2. The number of nitrogens with one attached hydrogen (secondary N) is 2. The maximum absolute atomic E-state index is 13.7. The Bertz CT molecular complexity index is 870. The molecule has 8 nitrogen and oxygen atoms in total. The van der Waals surface area contributed by atoms with Crippen LogP contribution in [0.2, 0.25) is 0 Å². The molecule has 2 aromatic heterocycles. The van der Waals surface area contributed by atoms with Gasteiger partial charge in [-0.3, -0.25) is 9.88 Å². The summed E-state index contributed by atoms with van der Waals surface area (Å²) in [7, 11) is 0. The van der Waals surface area contributed by atoms with E-state index in [4.69, 9.17) is 9.72 Å². The van der Waals surface area contributed by atoms with Gasteiger partial charge in [-0.05, 0) is 43.7 Å². The Kier molecular flexibility index (Phi) is 8.41. The largest absolute Gasteiger partial charge is 0.393 e. The fourth-order valence-electron chi connectivity index (χ4n) is 4.22. The molecule has 0 aromatic carbocycles. The van der Waals surface area contributed by atoms with Crippen LogP contribution in [0.25, 0.3) is 11.3 Å². The summed E-state index contributed by atoms with van der Waals surface area (Å²) >= 11 is 0. The zero-order valence-electron chi connectivity index (χ0n) is 19.3. The van der Waals surface area contributed by atoms with Crippen molar-refractivity contribution in [3.8, 4) is 11.3 Å². The van der Waals surface area contributed by atoms with Crippen molar-refractivity contribution >= 4 is 11.8 Å². The first-order valence-corrected chi connectivity index (χ1v) is 12.1. The number of nitrogens with zero attached hydrogens (tertiary/aromatic N) is 4. The lowest BCUT2D eigenvalue weighted by Gasteiger charge is -2.27. The molecule has 0 bridgehead atoms. The Morgan fingerprint density at radius 1 is 1.15 bits per heavy atom. The van der Waals surface area contributed by atoms with Crippen LogP contribution in [-0.4, -0.2) is 76.1 Å². The Morgan fingerprint density at radius 3 is 2.64 bits per heavy atom. The Hall–Kier alpha value is -2.36. The van der Waals surface area contributed by atoms with Gasteiger partial charge in [0.05, 0.1) is 30.6 Å². The minimum absolute atomic E-state index is 0.180. The van der Waals surface area contributed by atoms with Gasteiger partial charge in [0.15, 0.2) is 0 Å². The van der Waals surface area contributed by atoms with Crippen LogP contribution in [-0.2, 0) is 11.3 Å². The van der Waals surface area contributed by atoms with E-state index in [-0.39, 0.29) is 18.7 Å². The van der Waals surface area contributed by atoms with Crippen molar-refractivity contribution < 1.29 is 14.2 Å². The van der Waals surface area contributed by atoms with Crippen molar-refractivity contribution in [1.82, 2.24) is 19.9 Å². The zero-order valence-corrected chi connectivity index (χ0v) is 19.3. The summed E-state index contributed by atoms with van der Waals surface area (Å²) < 4.78 is 19.1. The van der Waals surface area contributed by atoms with Crippen molar-refractivity contribution in [2.75, 3.05) is 43.5 Å². The second-order valence-corrected chi connectivity index (χ2v) is 8.93. The molecule has 1 saturated carbocycles. The molecule has 0 unspecified atom stereocenters. The number of aliphatic hydroxyl groups is 1. The van der Waals surface area contributed by atoms with Crippen molar-refractivity contribution in [2.24, 2.45) is 0 Å². The fourth-order valence-corrected chi connectivity index (χ4v) is 4.22. The van der Waals surface area contributed by atoms with Gasteiger partial charge in [0, 0.05) is 44.6 Å². The summed E-state index contributed by atoms with van der Waals surface area (Å²) in [5, 5.41) is 16.4. The maximum Gasteiger partial charge on any atom is 0.224 e. The lowest BCUT2D eigenvalue weighted by atomic mass is 9.93. The highest BCUT2D eigenvalue weighted by Crippen LogP contribution is 2.29. The number of pyridine rings is 1. The van der Waals surface area contributed by atoms with Gasteiger partial charge >= 0.3 is 0 Å². The van der Waals surface area contributed by atoms with E-state index < -0.39 is 6.17 Å². The molecule has 180 valence electrons. The van der Waals surface area contributed by atoms with Gasteiger partial charge in [-0.15, -0.1) is 0 Å². The number of halogens is 1. The third-order valence-corrected chi connectivity index (χ3v) is 6.36. The fraction of sp³-hybridized carbons (Fsp3) is 0.625. The number of morpholine rings is 1. The van der Waals surface area contributed by atoms with Crippen LogP contribution in [0.15, 0.2) is 24.5 Å². The van der Waals surface area contributed by atoms with Gasteiger partial charge in [-0.1, -0.05) is 13.0 Å². The first-order valence-electron chi connectivity index (χ1n) is 12.1. The quantitative estimate of drug-likeness (QED) is 0.527. The van der Waals surface area contributed by atoms with Gasteiger partial charge in [-0.25, -0.2) is 9.37 Å². The van der Waals surface area contributed by atoms with E-state index in [2.05, 4.69) is 31.6 Å². The van der Waals surface area contributed by atoms with Crippen LogP contribution in [0.5, 0.6) is 0 Å². The number of anilines is 2. The Balaban J connectivity index is 1.50. The molecule has 2 fully saturated rings. The van der Waals surface area contributed by atoms with E-state index in [0.717, 1.165) is 75.4 Å². The highest BCUT2D eigenvalue weighted by atomic mass is 19.1. The van der Waals surface area contributed by atoms with Crippen LogP contribution >= 0.6 is 0 Å². The normalized spacial score (nSPS) is 22.6. The van der Waals surface area contributed by atoms with Gasteiger partial charge in [-0.2, -0.15) is 4.98 Å². The zero-order chi connectivity index (χ0) is 23.0. The molecule has 1 aliphatic heterocycles. The van der Waals surface area contributed by atoms with E-state index in [1.807, 2.05) is 19.2 Å². The number of alkyl halides is 1. The first-order chi connectivity index (χ1) is 16.1. The molecule has 3 N–H and O–H groups in total. The minimum Gasteiger partial charge on any atom is -0.393 e. The Labute approximate surface area is 195 Å². The molecule has 2 aromatic rings. The average Bonchev–Trinajstić information content (AvgIpc) is 2.85. The summed E-state index contributed by atoms with van der Waals surface area (Å²) in [6.45, 7) is 6.27. The van der Waals surface area contributed by atoms with Crippen molar-refractivity contribution in [2.45, 2.75) is 63.9 Å². The number of rotatable bonds is 9. The third kappa shape index (κ3) is 6.82. The second kappa shape index (κ2) is 11.7. The molecule has 0 radical (unpaired) electrons. The summed E-state index contributed by atoms with van der Waals surface area (Å²) in [5.74, 6) is 1.09. The summed E-state index contributed by atoms with van der Waals surface area (Å²) in [4.78, 5) is 16.1. The lowest BCUT2D eigenvalue weighted by Crippen LogP contribution is -2.35. The van der Waals surface area contributed by atoms with E-state index in [9.17, 15) is 9.50 Å². The molecule has 1 saturated heterocycles. The van der Waals surface area contributed by atoms with E-state index >= 15 is 0 Å². The van der Waals surface area contributed by atoms with Crippen LogP contribution in [0, 0.1) is 0 Å². The van der Waals surface area contributed by atoms with E-state index in [1.54, 1.807) is 6.20 Å². The number of hydrogen-bond acceptors (Lipinski definition) is 8. The number of hydrogen-bond donors (Lipinski definition) is 3. The van der Waals surface area contributed by atoms with Gasteiger partial charge in [0.2, 0.25) is 5.95 Å². The predicted molar refractivity (Wildman–Crippen MR) is 127 cm³/mol. The third-order valence-electron chi connectivity index (χ3n) is 6.36. The molecule has 33 heavy (non-hydrogen) atoms. The second-order valence-electron chi connectivity index (χ2n) is 8.93. The molecule has 1 aliphatic carbocycles. The molecular weight excluding hydrogens is 423 g/mol. The Morgan fingerprint density at radius 2 is 1.94 bits per heavy atom. The highest BCUT2D eigenvalue weighted by Gasteiger charge is 2.22. The van der Waals surface area contributed by atoms with Crippen molar-refractivity contribution in [1.29, 1.82) is 0 Å². The molecule has 0 amide bonds. The molecule has 3 heterocycles. The summed E-state index contributed by atoms with van der Waals surface area (Å²) in [5.41, 5.74) is 2.77. The number of aromatic nitrogens is 3. The van der Waals surface area contributed by atoms with Crippen LogP contribution in [0.3, 0.4) is 0 Å². The SMILES string of the molecule is CC[C@H](F)CNc1ncc(-c2ccc(CN3CCOCC3)cn2)c(N[C@H]2CC[C@H](O)CC2)n1. The van der Waals surface area contributed by atoms with Gasteiger partial charge in [0.25, 0.3) is 0 Å². The van der Waals surface area contributed by atoms with E-state index in [1.165, 1.54) is 0 Å². The lowest BCUT2D eigenvalue weighted by molar-refractivity contribution is 0.0341. The minimum atomic E-state index is -0.940. The van der Waals surface area contributed by atoms with Crippen molar-refractivity contribution in [3.63, 3.8) is 0 Å². The van der Waals surface area contributed by atoms with Gasteiger partial charge < -0.3 is 20.5 Å². The van der Waals surface area contributed by atoms with Crippen LogP contribution in [0.4, 0.5) is 16.2 Å². The average molecular weight is 459 g/mol. The highest BCUT2D eigenvalue weighted by molar-refractivity contribution is 5.73. The molecule has 4 rings (SSSR count). The van der Waals surface area contributed by atoms with Crippen LogP contribution in [0.1, 0.15) is 44.6 Å². The monoisotopic (exact) mass is 458 g/mol. The number of ether oxygens (including phenoxy) is 1. The van der Waals surface area contributed by atoms with E-state index in [0.29, 0.717) is 18.2 Å². The summed E-state index contributed by atoms with van der Waals surface area (Å²) in [6.07, 6.45) is 6.25. The molecule has 2 aliphatic rings. The smallest absolute Gasteiger partial charge is 0.224 e. The van der Waals surface area contributed by atoms with Crippen molar-refractivity contribution in [3.05, 3.63) is 30.1 Å². The first kappa shape index (κ1) is 23.8. The topological polar surface area (TPSA) is 95.4 Å². The van der Waals surface area contributed by atoms with Crippen LogP contribution < -0.4 is 10.6 Å². The standard InChI is InChI=1S/C24H35FN6O2/c1-2-18(25)14-27-24-28-15-21(23(30-24)29-19-4-6-20(32)7-5-19)22-8-3-17(13-26-22)16-31-9-11-33-12-10-31/h3,8,13,15,18-20,32H,2,4-7,9-12,14,16H2,1H3,(H2,27,28,29,30)/t18-,19-,20-/m0/s1. The molecule has 9 heteroatoms. The molecule has 0 spiro atoms. The molecule has 1 atom stereocenters. The maximum atomic E-state index is 13.7.